The molecule has 31 heavy (non-hydrogen) atoms. The van der Waals surface area contributed by atoms with Crippen LogP contribution in [0.4, 0.5) is 0 Å². The summed E-state index contributed by atoms with van der Waals surface area (Å²) in [5, 5.41) is 9.82. The maximum atomic E-state index is 12.6. The molecular formula is C23H21NO7. The van der Waals surface area contributed by atoms with Crippen molar-refractivity contribution >= 4 is 17.9 Å². The summed E-state index contributed by atoms with van der Waals surface area (Å²) in [5.41, 5.74) is -0.906. The maximum absolute atomic E-state index is 12.6. The minimum atomic E-state index is -1.51. The van der Waals surface area contributed by atoms with Crippen LogP contribution in [0.25, 0.3) is 0 Å². The van der Waals surface area contributed by atoms with Gasteiger partial charge in [0.2, 0.25) is 6.29 Å². The number of ether oxygens (including phenoxy) is 4. The third kappa shape index (κ3) is 4.90. The molecule has 8 heteroatoms. The number of carbonyl (C=O) groups is 3. The van der Waals surface area contributed by atoms with Gasteiger partial charge in [0.1, 0.15) is 12.7 Å². The van der Waals surface area contributed by atoms with Crippen molar-refractivity contribution < 1.29 is 33.3 Å². The molecule has 0 aliphatic carbocycles. The zero-order valence-electron chi connectivity index (χ0n) is 17.0. The first-order chi connectivity index (χ1) is 14.8. The lowest BCUT2D eigenvalue weighted by Crippen LogP contribution is -2.43. The van der Waals surface area contributed by atoms with Gasteiger partial charge in [-0.1, -0.05) is 36.4 Å². The van der Waals surface area contributed by atoms with E-state index < -0.39 is 41.8 Å². The lowest BCUT2D eigenvalue weighted by Gasteiger charge is -2.27. The Morgan fingerprint density at radius 3 is 2.03 bits per heavy atom. The molecule has 0 aromatic heterocycles. The molecule has 0 amide bonds. The summed E-state index contributed by atoms with van der Waals surface area (Å²) in [6.07, 6.45) is -3.48. The molecule has 0 saturated carbocycles. The van der Waals surface area contributed by atoms with Gasteiger partial charge < -0.3 is 18.9 Å². The zero-order valence-corrected chi connectivity index (χ0v) is 17.0. The van der Waals surface area contributed by atoms with Crippen LogP contribution in [0, 0.1) is 16.7 Å². The molecule has 2 aromatic carbocycles. The number of carbonyl (C=O) groups excluding carboxylic acids is 3. The van der Waals surface area contributed by atoms with Crippen LogP contribution in [0.2, 0.25) is 0 Å². The Morgan fingerprint density at radius 2 is 1.52 bits per heavy atom. The maximum Gasteiger partial charge on any atom is 0.338 e. The molecule has 4 atom stereocenters. The van der Waals surface area contributed by atoms with E-state index in [2.05, 4.69) is 0 Å². The van der Waals surface area contributed by atoms with Crippen LogP contribution in [0.15, 0.2) is 60.7 Å². The topological polar surface area (TPSA) is 112 Å². The van der Waals surface area contributed by atoms with Gasteiger partial charge in [-0.25, -0.2) is 9.59 Å². The fourth-order valence-electron chi connectivity index (χ4n) is 3.21. The van der Waals surface area contributed by atoms with Crippen LogP contribution >= 0.6 is 0 Å². The van der Waals surface area contributed by atoms with Crippen molar-refractivity contribution in [2.45, 2.75) is 32.3 Å². The average molecular weight is 423 g/mol. The molecule has 3 rings (SSSR count). The van der Waals surface area contributed by atoms with Crippen molar-refractivity contribution in [1.29, 1.82) is 5.26 Å². The van der Waals surface area contributed by atoms with Crippen molar-refractivity contribution in [1.82, 2.24) is 0 Å². The zero-order chi connectivity index (χ0) is 22.4. The quantitative estimate of drug-likeness (QED) is 0.515. The third-order valence-corrected chi connectivity index (χ3v) is 4.86. The monoisotopic (exact) mass is 423 g/mol. The van der Waals surface area contributed by atoms with Crippen LogP contribution in [-0.4, -0.2) is 43.0 Å². The number of esters is 3. The SMILES string of the molecule is CC(=O)OC1OC(COC(=O)c2ccccc2)C(OC(=O)c2ccccc2)C1(C)C#N. The second-order valence-electron chi connectivity index (χ2n) is 7.17. The van der Waals surface area contributed by atoms with Crippen molar-refractivity contribution in [2.75, 3.05) is 6.61 Å². The predicted molar refractivity (Wildman–Crippen MR) is 107 cm³/mol. The lowest BCUT2D eigenvalue weighted by molar-refractivity contribution is -0.185. The molecule has 1 saturated heterocycles. The first-order valence-corrected chi connectivity index (χ1v) is 9.57. The van der Waals surface area contributed by atoms with E-state index in [0.29, 0.717) is 5.56 Å². The Labute approximate surface area is 179 Å². The molecule has 160 valence electrons. The van der Waals surface area contributed by atoms with Gasteiger partial charge in [0.25, 0.3) is 0 Å². The number of rotatable bonds is 6. The predicted octanol–water partition coefficient (Wildman–Crippen LogP) is 2.89. The van der Waals surface area contributed by atoms with E-state index >= 15 is 0 Å². The highest BCUT2D eigenvalue weighted by Gasteiger charge is 2.59. The van der Waals surface area contributed by atoms with E-state index in [1.807, 2.05) is 6.07 Å². The molecule has 1 aliphatic heterocycles. The van der Waals surface area contributed by atoms with Gasteiger partial charge in [0, 0.05) is 6.92 Å². The van der Waals surface area contributed by atoms with Gasteiger partial charge in [-0.15, -0.1) is 0 Å². The molecule has 0 N–H and O–H groups in total. The summed E-state index contributed by atoms with van der Waals surface area (Å²) < 4.78 is 21.7. The Bertz CT molecular complexity index is 986. The number of hydrogen-bond acceptors (Lipinski definition) is 8. The van der Waals surface area contributed by atoms with Crippen molar-refractivity contribution in [3.8, 4) is 6.07 Å². The number of hydrogen-bond donors (Lipinski definition) is 0. The second-order valence-corrected chi connectivity index (χ2v) is 7.17. The Balaban J connectivity index is 1.81. The largest absolute Gasteiger partial charge is 0.459 e. The van der Waals surface area contributed by atoms with Crippen LogP contribution in [0.3, 0.4) is 0 Å². The van der Waals surface area contributed by atoms with E-state index in [4.69, 9.17) is 18.9 Å². The highest BCUT2D eigenvalue weighted by molar-refractivity contribution is 5.90. The van der Waals surface area contributed by atoms with Gasteiger partial charge >= 0.3 is 17.9 Å². The van der Waals surface area contributed by atoms with Gasteiger partial charge in [0.15, 0.2) is 11.5 Å². The average Bonchev–Trinajstić information content (AvgIpc) is 3.04. The third-order valence-electron chi connectivity index (χ3n) is 4.86. The fourth-order valence-corrected chi connectivity index (χ4v) is 3.21. The summed E-state index contributed by atoms with van der Waals surface area (Å²) in [5.74, 6) is -1.95. The van der Waals surface area contributed by atoms with E-state index in [1.54, 1.807) is 60.7 Å². The number of nitrogens with zero attached hydrogens (tertiary/aromatic N) is 1. The molecule has 0 bridgehead atoms. The normalized spacial score (nSPS) is 24.6. The molecular weight excluding hydrogens is 402 g/mol. The summed E-state index contributed by atoms with van der Waals surface area (Å²) in [6, 6.07) is 18.6. The Morgan fingerprint density at radius 1 is 0.968 bits per heavy atom. The van der Waals surface area contributed by atoms with Crippen LogP contribution in [0.5, 0.6) is 0 Å². The van der Waals surface area contributed by atoms with Crippen LogP contribution in [-0.2, 0) is 23.7 Å². The molecule has 0 spiro atoms. The van der Waals surface area contributed by atoms with Gasteiger partial charge in [-0.2, -0.15) is 5.26 Å². The fraction of sp³-hybridized carbons (Fsp3) is 0.304. The van der Waals surface area contributed by atoms with E-state index in [9.17, 15) is 19.6 Å². The van der Waals surface area contributed by atoms with Crippen LogP contribution < -0.4 is 0 Å². The van der Waals surface area contributed by atoms with Gasteiger partial charge in [0.05, 0.1) is 17.2 Å². The number of nitriles is 1. The Kier molecular flexibility index (Phi) is 6.68. The molecule has 1 aliphatic rings. The molecule has 1 fully saturated rings. The van der Waals surface area contributed by atoms with Crippen molar-refractivity contribution in [2.24, 2.45) is 5.41 Å². The first kappa shape index (κ1) is 22.0. The minimum absolute atomic E-state index is 0.277. The molecule has 2 aromatic rings. The molecule has 1 heterocycles. The van der Waals surface area contributed by atoms with Gasteiger partial charge in [-0.05, 0) is 31.2 Å². The van der Waals surface area contributed by atoms with Crippen LogP contribution in [0.1, 0.15) is 34.6 Å². The smallest absolute Gasteiger partial charge is 0.338 e. The highest BCUT2D eigenvalue weighted by atomic mass is 16.7. The van der Waals surface area contributed by atoms with E-state index in [0.717, 1.165) is 0 Å². The summed E-state index contributed by atoms with van der Waals surface area (Å²) in [4.78, 5) is 36.4. The molecule has 0 radical (unpaired) electrons. The first-order valence-electron chi connectivity index (χ1n) is 9.57. The summed E-state index contributed by atoms with van der Waals surface area (Å²) in [7, 11) is 0. The lowest BCUT2D eigenvalue weighted by atomic mass is 9.84. The van der Waals surface area contributed by atoms with E-state index in [-0.39, 0.29) is 12.2 Å². The standard InChI is InChI=1S/C23H21NO7/c1-15(25)29-22-23(2,14-24)19(31-21(27)17-11-7-4-8-12-17)18(30-22)13-28-20(26)16-9-5-3-6-10-16/h3-12,18-19,22H,13H2,1-2H3. The van der Waals surface area contributed by atoms with E-state index in [1.165, 1.54) is 13.8 Å². The minimum Gasteiger partial charge on any atom is -0.459 e. The van der Waals surface area contributed by atoms with Gasteiger partial charge in [-0.3, -0.25) is 4.79 Å². The second kappa shape index (κ2) is 9.41. The highest BCUT2D eigenvalue weighted by Crippen LogP contribution is 2.41. The van der Waals surface area contributed by atoms with Crippen molar-refractivity contribution in [3.63, 3.8) is 0 Å². The summed E-state index contributed by atoms with van der Waals surface area (Å²) in [6.45, 7) is 2.33. The van der Waals surface area contributed by atoms with Crippen molar-refractivity contribution in [3.05, 3.63) is 71.8 Å². The Hall–Kier alpha value is -3.70. The molecule has 8 nitrogen and oxygen atoms in total. The summed E-state index contributed by atoms with van der Waals surface area (Å²) >= 11 is 0. The number of benzene rings is 2. The molecule has 4 unspecified atom stereocenters.